The van der Waals surface area contributed by atoms with Crippen molar-refractivity contribution in [1.82, 2.24) is 10.6 Å². The topological polar surface area (TPSA) is 78.4 Å². The predicted molar refractivity (Wildman–Crippen MR) is 83.7 cm³/mol. The van der Waals surface area contributed by atoms with Crippen molar-refractivity contribution in [3.05, 3.63) is 35.9 Å². The maximum absolute atomic E-state index is 11.8. The first-order chi connectivity index (χ1) is 10.2. The molecule has 0 bridgehead atoms. The highest BCUT2D eigenvalue weighted by molar-refractivity contribution is 7.99. The third kappa shape index (κ3) is 4.97. The summed E-state index contributed by atoms with van der Waals surface area (Å²) < 4.78 is 0. The van der Waals surface area contributed by atoms with Crippen LogP contribution in [-0.2, 0) is 4.79 Å². The summed E-state index contributed by atoms with van der Waals surface area (Å²) in [5, 5.41) is 14.9. The van der Waals surface area contributed by atoms with Gasteiger partial charge < -0.3 is 15.7 Å². The zero-order chi connectivity index (χ0) is 15.1. The molecule has 1 fully saturated rings. The van der Waals surface area contributed by atoms with Gasteiger partial charge in [0.25, 0.3) is 0 Å². The zero-order valence-electron chi connectivity index (χ0n) is 11.7. The molecule has 1 aliphatic heterocycles. The maximum Gasteiger partial charge on any atom is 0.315 e. The van der Waals surface area contributed by atoms with Crippen molar-refractivity contribution in [2.45, 2.75) is 24.8 Å². The van der Waals surface area contributed by atoms with Crippen LogP contribution in [0.2, 0.25) is 0 Å². The van der Waals surface area contributed by atoms with Gasteiger partial charge in [-0.2, -0.15) is 11.8 Å². The van der Waals surface area contributed by atoms with Crippen LogP contribution in [0.4, 0.5) is 4.79 Å². The molecule has 1 aromatic rings. The molecule has 2 amide bonds. The van der Waals surface area contributed by atoms with Crippen molar-refractivity contribution in [2.75, 3.05) is 18.1 Å². The van der Waals surface area contributed by atoms with Gasteiger partial charge in [0.05, 0.1) is 5.92 Å². The standard InChI is InChI=1S/C15H20N2O3S/c18-14(19)13(11-4-2-1-3-5-11)10-16-15(20)17-12-6-8-21-9-7-12/h1-5,12-13H,6-10H2,(H,18,19)(H2,16,17,20). The number of hydrogen-bond acceptors (Lipinski definition) is 3. The van der Waals surface area contributed by atoms with Gasteiger partial charge in [0.15, 0.2) is 0 Å². The number of aliphatic carboxylic acids is 1. The molecule has 1 heterocycles. The number of rotatable bonds is 5. The van der Waals surface area contributed by atoms with Crippen LogP contribution in [0.25, 0.3) is 0 Å². The predicted octanol–water partition coefficient (Wildman–Crippen LogP) is 2.05. The molecule has 5 nitrogen and oxygen atoms in total. The van der Waals surface area contributed by atoms with E-state index in [4.69, 9.17) is 0 Å². The average molecular weight is 308 g/mol. The third-order valence-electron chi connectivity index (χ3n) is 3.52. The molecule has 21 heavy (non-hydrogen) atoms. The van der Waals surface area contributed by atoms with Crippen LogP contribution in [0.3, 0.4) is 0 Å². The Hall–Kier alpha value is -1.69. The SMILES string of the molecule is O=C(NCC(C(=O)O)c1ccccc1)NC1CCSCC1. The van der Waals surface area contributed by atoms with E-state index < -0.39 is 11.9 Å². The summed E-state index contributed by atoms with van der Waals surface area (Å²) in [6.45, 7) is 0.0899. The molecule has 1 unspecified atom stereocenters. The minimum Gasteiger partial charge on any atom is -0.481 e. The van der Waals surface area contributed by atoms with E-state index in [0.29, 0.717) is 5.56 Å². The molecular weight excluding hydrogens is 288 g/mol. The molecule has 0 aromatic heterocycles. The summed E-state index contributed by atoms with van der Waals surface area (Å²) in [5.41, 5.74) is 0.694. The number of urea groups is 1. The fourth-order valence-corrected chi connectivity index (χ4v) is 3.41. The van der Waals surface area contributed by atoms with E-state index in [-0.39, 0.29) is 18.6 Å². The van der Waals surface area contributed by atoms with E-state index in [1.807, 2.05) is 17.8 Å². The van der Waals surface area contributed by atoms with Gasteiger partial charge in [-0.1, -0.05) is 30.3 Å². The molecule has 1 saturated heterocycles. The quantitative estimate of drug-likeness (QED) is 0.778. The number of thioether (sulfide) groups is 1. The highest BCUT2D eigenvalue weighted by Crippen LogP contribution is 2.17. The monoisotopic (exact) mass is 308 g/mol. The van der Waals surface area contributed by atoms with Gasteiger partial charge in [-0.15, -0.1) is 0 Å². The van der Waals surface area contributed by atoms with E-state index >= 15 is 0 Å². The summed E-state index contributed by atoms with van der Waals surface area (Å²) in [4.78, 5) is 23.2. The van der Waals surface area contributed by atoms with Gasteiger partial charge in [0.2, 0.25) is 0 Å². The Bertz CT molecular complexity index is 475. The van der Waals surface area contributed by atoms with Crippen molar-refractivity contribution in [2.24, 2.45) is 0 Å². The second kappa shape index (κ2) is 7.93. The number of amides is 2. The van der Waals surface area contributed by atoms with Gasteiger partial charge in [-0.3, -0.25) is 4.79 Å². The minimum atomic E-state index is -0.935. The summed E-state index contributed by atoms with van der Waals surface area (Å²) in [7, 11) is 0. The second-order valence-corrected chi connectivity index (χ2v) is 6.27. The lowest BCUT2D eigenvalue weighted by Crippen LogP contribution is -2.45. The first kappa shape index (κ1) is 15.7. The third-order valence-corrected chi connectivity index (χ3v) is 4.57. The molecule has 1 aromatic carbocycles. The van der Waals surface area contributed by atoms with Crippen molar-refractivity contribution in [1.29, 1.82) is 0 Å². The van der Waals surface area contributed by atoms with Gasteiger partial charge in [-0.05, 0) is 29.9 Å². The first-order valence-corrected chi connectivity index (χ1v) is 8.22. The van der Waals surface area contributed by atoms with Crippen LogP contribution in [0.5, 0.6) is 0 Å². The molecule has 114 valence electrons. The van der Waals surface area contributed by atoms with Crippen molar-refractivity contribution < 1.29 is 14.7 Å². The highest BCUT2D eigenvalue weighted by atomic mass is 32.2. The van der Waals surface area contributed by atoms with Crippen LogP contribution in [-0.4, -0.2) is 41.2 Å². The number of nitrogens with one attached hydrogen (secondary N) is 2. The first-order valence-electron chi connectivity index (χ1n) is 7.06. The van der Waals surface area contributed by atoms with Crippen LogP contribution >= 0.6 is 11.8 Å². The number of carboxylic acid groups (broad SMARTS) is 1. The number of carboxylic acids is 1. The molecule has 0 spiro atoms. The Morgan fingerprint density at radius 2 is 1.90 bits per heavy atom. The molecule has 3 N–H and O–H groups in total. The number of carbonyl (C=O) groups excluding carboxylic acids is 1. The summed E-state index contributed by atoms with van der Waals surface area (Å²) in [5.74, 6) is 0.466. The van der Waals surface area contributed by atoms with Crippen LogP contribution in [0, 0.1) is 0 Å². The fraction of sp³-hybridized carbons (Fsp3) is 0.467. The molecule has 0 radical (unpaired) electrons. The highest BCUT2D eigenvalue weighted by Gasteiger charge is 2.21. The largest absolute Gasteiger partial charge is 0.481 e. The van der Waals surface area contributed by atoms with Crippen molar-refractivity contribution in [3.8, 4) is 0 Å². The van der Waals surface area contributed by atoms with Crippen LogP contribution in [0.1, 0.15) is 24.3 Å². The Morgan fingerprint density at radius 3 is 2.52 bits per heavy atom. The van der Waals surface area contributed by atoms with E-state index in [1.54, 1.807) is 24.3 Å². The average Bonchev–Trinajstić information content (AvgIpc) is 2.49. The molecule has 0 aliphatic carbocycles. The van der Waals surface area contributed by atoms with E-state index in [0.717, 1.165) is 24.3 Å². The summed E-state index contributed by atoms with van der Waals surface area (Å²) in [6.07, 6.45) is 1.94. The Labute approximate surface area is 128 Å². The maximum atomic E-state index is 11.8. The number of hydrogen-bond donors (Lipinski definition) is 3. The minimum absolute atomic E-state index is 0.0899. The molecule has 1 aliphatic rings. The lowest BCUT2D eigenvalue weighted by atomic mass is 9.99. The van der Waals surface area contributed by atoms with E-state index in [2.05, 4.69) is 10.6 Å². The molecule has 1 atom stereocenters. The molecule has 2 rings (SSSR count). The summed E-state index contributed by atoms with van der Waals surface area (Å²) in [6, 6.07) is 8.87. The van der Waals surface area contributed by atoms with Gasteiger partial charge in [-0.25, -0.2) is 4.79 Å². The number of benzene rings is 1. The Kier molecular flexibility index (Phi) is 5.92. The van der Waals surface area contributed by atoms with E-state index in [1.165, 1.54) is 0 Å². The van der Waals surface area contributed by atoms with Gasteiger partial charge in [0, 0.05) is 12.6 Å². The van der Waals surface area contributed by atoms with Crippen LogP contribution < -0.4 is 10.6 Å². The molecule has 0 saturated carbocycles. The summed E-state index contributed by atoms with van der Waals surface area (Å²) >= 11 is 1.90. The van der Waals surface area contributed by atoms with E-state index in [9.17, 15) is 14.7 Å². The molecule has 6 heteroatoms. The smallest absolute Gasteiger partial charge is 0.315 e. The normalized spacial score (nSPS) is 17.0. The lowest BCUT2D eigenvalue weighted by molar-refractivity contribution is -0.138. The number of carbonyl (C=O) groups is 2. The van der Waals surface area contributed by atoms with Gasteiger partial charge in [0.1, 0.15) is 0 Å². The van der Waals surface area contributed by atoms with Crippen molar-refractivity contribution in [3.63, 3.8) is 0 Å². The second-order valence-electron chi connectivity index (χ2n) is 5.04. The zero-order valence-corrected chi connectivity index (χ0v) is 12.6. The van der Waals surface area contributed by atoms with Crippen molar-refractivity contribution >= 4 is 23.8 Å². The van der Waals surface area contributed by atoms with Crippen LogP contribution in [0.15, 0.2) is 30.3 Å². The fourth-order valence-electron chi connectivity index (χ4n) is 2.31. The Balaban J connectivity index is 1.84. The molecular formula is C15H20N2O3S. The lowest BCUT2D eigenvalue weighted by Gasteiger charge is -2.23. The Morgan fingerprint density at radius 1 is 1.24 bits per heavy atom. The van der Waals surface area contributed by atoms with Gasteiger partial charge >= 0.3 is 12.0 Å².